The van der Waals surface area contributed by atoms with Crippen molar-refractivity contribution in [3.63, 3.8) is 0 Å². The smallest absolute Gasteiger partial charge is 0.261 e. The largest absolute Gasteiger partial charge is 0.494 e. The molecule has 4 rings (SSSR count). The second kappa shape index (κ2) is 9.33. The number of nitriles is 1. The highest BCUT2D eigenvalue weighted by molar-refractivity contribution is 5.80. The Hall–Kier alpha value is -3.50. The van der Waals surface area contributed by atoms with E-state index in [1.165, 1.54) is 19.2 Å². The molecule has 0 saturated carbocycles. The van der Waals surface area contributed by atoms with Gasteiger partial charge in [0.05, 0.1) is 30.0 Å². The number of hydrogen-bond acceptors (Lipinski definition) is 5. The van der Waals surface area contributed by atoms with Crippen LogP contribution in [0.25, 0.3) is 22.4 Å². The Morgan fingerprint density at radius 3 is 2.62 bits per heavy atom. The van der Waals surface area contributed by atoms with Crippen molar-refractivity contribution in [2.45, 2.75) is 19.3 Å². The summed E-state index contributed by atoms with van der Waals surface area (Å²) in [5.74, 6) is 0.829. The lowest BCUT2D eigenvalue weighted by Gasteiger charge is -2.16. The second-order valence-electron chi connectivity index (χ2n) is 8.05. The van der Waals surface area contributed by atoms with Crippen molar-refractivity contribution < 1.29 is 9.13 Å². The monoisotopic (exact) mass is 432 g/mol. The van der Waals surface area contributed by atoms with Gasteiger partial charge in [0, 0.05) is 19.0 Å². The molecule has 0 spiro atoms. The number of nitrogens with one attached hydrogen (secondary N) is 1. The molecule has 1 aromatic heterocycles. The average Bonchev–Trinajstić information content (AvgIpc) is 3.33. The maximum atomic E-state index is 14.5. The van der Waals surface area contributed by atoms with Crippen molar-refractivity contribution in [1.29, 1.82) is 5.26 Å². The van der Waals surface area contributed by atoms with Crippen molar-refractivity contribution in [2.75, 3.05) is 20.2 Å². The third kappa shape index (κ3) is 4.27. The standard InChI is InChI=1S/C25H25FN4O2/c1-30-22(10-5-17-11-12-28-15-17)29-24(18-6-3-16(14-27)4-7-18)23(25(30)31)19-8-9-21(32-2)20(26)13-19/h3-4,6-9,13,17,28H,5,10-12,15H2,1-2H3. The summed E-state index contributed by atoms with van der Waals surface area (Å²) in [5, 5.41) is 12.5. The van der Waals surface area contributed by atoms with Crippen LogP contribution in [0.15, 0.2) is 47.3 Å². The van der Waals surface area contributed by atoms with E-state index >= 15 is 0 Å². The predicted octanol–water partition coefficient (Wildman–Crippen LogP) is 3.68. The summed E-state index contributed by atoms with van der Waals surface area (Å²) in [5.41, 5.74) is 2.23. The van der Waals surface area contributed by atoms with Crippen molar-refractivity contribution in [3.05, 3.63) is 70.0 Å². The normalized spacial score (nSPS) is 15.5. The van der Waals surface area contributed by atoms with Gasteiger partial charge in [-0.2, -0.15) is 5.26 Å². The van der Waals surface area contributed by atoms with Gasteiger partial charge in [0.2, 0.25) is 0 Å². The summed E-state index contributed by atoms with van der Waals surface area (Å²) >= 11 is 0. The van der Waals surface area contributed by atoms with E-state index in [1.807, 2.05) is 0 Å². The van der Waals surface area contributed by atoms with Crippen LogP contribution in [-0.4, -0.2) is 29.8 Å². The number of hydrogen-bond donors (Lipinski definition) is 1. The molecule has 2 aromatic carbocycles. The summed E-state index contributed by atoms with van der Waals surface area (Å²) in [6.07, 6.45) is 2.74. The number of ether oxygens (including phenoxy) is 1. The van der Waals surface area contributed by atoms with Gasteiger partial charge in [0.1, 0.15) is 5.82 Å². The van der Waals surface area contributed by atoms with Crippen LogP contribution in [0.2, 0.25) is 0 Å². The third-order valence-corrected chi connectivity index (χ3v) is 6.05. The summed E-state index contributed by atoms with van der Waals surface area (Å²) in [4.78, 5) is 18.3. The molecule has 32 heavy (non-hydrogen) atoms. The van der Waals surface area contributed by atoms with Gasteiger partial charge in [-0.05, 0) is 61.7 Å². The van der Waals surface area contributed by atoms with Crippen molar-refractivity contribution in [3.8, 4) is 34.2 Å². The molecule has 3 aromatic rings. The van der Waals surface area contributed by atoms with E-state index in [0.29, 0.717) is 46.1 Å². The zero-order chi connectivity index (χ0) is 22.7. The predicted molar refractivity (Wildman–Crippen MR) is 121 cm³/mol. The fourth-order valence-electron chi connectivity index (χ4n) is 4.16. The highest BCUT2D eigenvalue weighted by atomic mass is 19.1. The first-order valence-corrected chi connectivity index (χ1v) is 10.7. The van der Waals surface area contributed by atoms with Gasteiger partial charge in [0.25, 0.3) is 5.56 Å². The third-order valence-electron chi connectivity index (χ3n) is 6.05. The lowest BCUT2D eigenvalue weighted by molar-refractivity contribution is 0.386. The van der Waals surface area contributed by atoms with Gasteiger partial charge in [-0.3, -0.25) is 9.36 Å². The molecule has 1 N–H and O–H groups in total. The fourth-order valence-corrected chi connectivity index (χ4v) is 4.16. The highest BCUT2D eigenvalue weighted by Gasteiger charge is 2.21. The summed E-state index contributed by atoms with van der Waals surface area (Å²) in [6.45, 7) is 2.01. The Morgan fingerprint density at radius 2 is 2.00 bits per heavy atom. The van der Waals surface area contributed by atoms with E-state index in [4.69, 9.17) is 15.0 Å². The molecule has 7 heteroatoms. The molecule has 2 heterocycles. The van der Waals surface area contributed by atoms with E-state index in [2.05, 4.69) is 11.4 Å². The molecular weight excluding hydrogens is 407 g/mol. The Labute approximate surface area is 186 Å². The molecular formula is C25H25FN4O2. The quantitative estimate of drug-likeness (QED) is 0.643. The Balaban J connectivity index is 1.85. The number of aromatic nitrogens is 2. The fraction of sp³-hybridized carbons (Fsp3) is 0.320. The molecule has 1 unspecified atom stereocenters. The average molecular weight is 432 g/mol. The SMILES string of the molecule is COc1ccc(-c2c(-c3ccc(C#N)cc3)nc(CCC3CCNC3)n(C)c2=O)cc1F. The molecule has 0 aliphatic carbocycles. The topological polar surface area (TPSA) is 79.9 Å². The molecule has 6 nitrogen and oxygen atoms in total. The minimum absolute atomic E-state index is 0.111. The second-order valence-corrected chi connectivity index (χ2v) is 8.05. The Morgan fingerprint density at radius 1 is 1.25 bits per heavy atom. The number of aryl methyl sites for hydroxylation is 1. The number of nitrogens with zero attached hydrogens (tertiary/aromatic N) is 3. The van der Waals surface area contributed by atoms with Crippen LogP contribution in [-0.2, 0) is 13.5 Å². The molecule has 0 amide bonds. The molecule has 1 aliphatic rings. The summed E-state index contributed by atoms with van der Waals surface area (Å²) in [6, 6.07) is 13.5. The number of methoxy groups -OCH3 is 1. The van der Waals surface area contributed by atoms with Crippen molar-refractivity contribution >= 4 is 0 Å². The molecule has 164 valence electrons. The van der Waals surface area contributed by atoms with Gasteiger partial charge in [0.15, 0.2) is 11.6 Å². The minimum Gasteiger partial charge on any atom is -0.494 e. The summed E-state index contributed by atoms with van der Waals surface area (Å²) < 4.78 is 21.1. The van der Waals surface area contributed by atoms with Crippen LogP contribution in [0, 0.1) is 23.1 Å². The lowest BCUT2D eigenvalue weighted by Crippen LogP contribution is -2.25. The van der Waals surface area contributed by atoms with Gasteiger partial charge >= 0.3 is 0 Å². The molecule has 0 bridgehead atoms. The first kappa shape index (κ1) is 21.7. The van der Waals surface area contributed by atoms with Gasteiger partial charge in [-0.15, -0.1) is 0 Å². The molecule has 1 fully saturated rings. The highest BCUT2D eigenvalue weighted by Crippen LogP contribution is 2.31. The van der Waals surface area contributed by atoms with Gasteiger partial charge in [-0.25, -0.2) is 9.37 Å². The van der Waals surface area contributed by atoms with Crippen LogP contribution in [0.4, 0.5) is 4.39 Å². The number of halogens is 1. The minimum atomic E-state index is -0.546. The zero-order valence-electron chi connectivity index (χ0n) is 18.2. The first-order chi connectivity index (χ1) is 15.5. The number of benzene rings is 2. The van der Waals surface area contributed by atoms with Crippen LogP contribution in [0.5, 0.6) is 5.75 Å². The van der Waals surface area contributed by atoms with E-state index < -0.39 is 5.82 Å². The first-order valence-electron chi connectivity index (χ1n) is 10.7. The van der Waals surface area contributed by atoms with Crippen molar-refractivity contribution in [2.24, 2.45) is 13.0 Å². The van der Waals surface area contributed by atoms with Crippen LogP contribution in [0.3, 0.4) is 0 Å². The number of rotatable bonds is 6. The molecule has 1 saturated heterocycles. The Kier molecular flexibility index (Phi) is 6.33. The maximum Gasteiger partial charge on any atom is 0.261 e. The van der Waals surface area contributed by atoms with Gasteiger partial charge in [-0.1, -0.05) is 18.2 Å². The summed E-state index contributed by atoms with van der Waals surface area (Å²) in [7, 11) is 3.11. The lowest BCUT2D eigenvalue weighted by atomic mass is 9.98. The van der Waals surface area contributed by atoms with E-state index in [9.17, 15) is 9.18 Å². The van der Waals surface area contributed by atoms with Gasteiger partial charge < -0.3 is 10.1 Å². The van der Waals surface area contributed by atoms with Crippen molar-refractivity contribution in [1.82, 2.24) is 14.9 Å². The van der Waals surface area contributed by atoms with E-state index in [0.717, 1.165) is 25.9 Å². The van der Waals surface area contributed by atoms with E-state index in [1.54, 1.807) is 41.9 Å². The van der Waals surface area contributed by atoms with Crippen LogP contribution in [0.1, 0.15) is 24.2 Å². The maximum absolute atomic E-state index is 14.5. The van der Waals surface area contributed by atoms with E-state index in [-0.39, 0.29) is 11.3 Å². The Bertz CT molecular complexity index is 1220. The molecule has 1 aliphatic heterocycles. The van der Waals surface area contributed by atoms with Crippen LogP contribution < -0.4 is 15.6 Å². The zero-order valence-corrected chi connectivity index (χ0v) is 18.2. The molecule has 1 atom stereocenters. The molecule has 0 radical (unpaired) electrons. The van der Waals surface area contributed by atoms with Crippen LogP contribution >= 0.6 is 0 Å².